The van der Waals surface area contributed by atoms with Gasteiger partial charge in [-0.15, -0.1) is 5.10 Å². The first-order valence-electron chi connectivity index (χ1n) is 5.91. The van der Waals surface area contributed by atoms with E-state index in [4.69, 9.17) is 5.73 Å². The summed E-state index contributed by atoms with van der Waals surface area (Å²) in [5.74, 6) is -1.61. The summed E-state index contributed by atoms with van der Waals surface area (Å²) in [6.07, 6.45) is -3.01. The Kier molecular flexibility index (Phi) is 3.15. The van der Waals surface area contributed by atoms with Crippen LogP contribution in [0.1, 0.15) is 24.7 Å². The standard InChI is InChI=1S/C10H9F3N6OS/c11-10(12,13)7-15-5(14)3-6(16-7)21-9-18-17-8(20)19(9)4-1-2-4/h3-4H,1-2H2,(H,17,20)(H2,14,15,16). The Hall–Kier alpha value is -2.04. The van der Waals surface area contributed by atoms with E-state index in [9.17, 15) is 18.0 Å². The van der Waals surface area contributed by atoms with Gasteiger partial charge in [-0.2, -0.15) is 13.2 Å². The Labute approximate surface area is 119 Å². The van der Waals surface area contributed by atoms with E-state index < -0.39 is 17.7 Å². The van der Waals surface area contributed by atoms with Crippen LogP contribution in [-0.2, 0) is 6.18 Å². The van der Waals surface area contributed by atoms with Crippen LogP contribution < -0.4 is 11.4 Å². The molecule has 3 rings (SSSR count). The molecule has 7 nitrogen and oxygen atoms in total. The van der Waals surface area contributed by atoms with Gasteiger partial charge in [0.25, 0.3) is 0 Å². The van der Waals surface area contributed by atoms with E-state index in [-0.39, 0.29) is 22.0 Å². The molecule has 11 heteroatoms. The topological polar surface area (TPSA) is 102 Å². The number of anilines is 1. The highest BCUT2D eigenvalue weighted by molar-refractivity contribution is 7.99. The molecule has 0 aliphatic heterocycles. The number of hydrogen-bond donors (Lipinski definition) is 2. The Morgan fingerprint density at radius 1 is 1.38 bits per heavy atom. The van der Waals surface area contributed by atoms with Crippen molar-refractivity contribution < 1.29 is 13.2 Å². The van der Waals surface area contributed by atoms with Gasteiger partial charge in [-0.1, -0.05) is 0 Å². The van der Waals surface area contributed by atoms with Gasteiger partial charge in [0.05, 0.1) is 0 Å². The normalized spacial score (nSPS) is 15.4. The van der Waals surface area contributed by atoms with E-state index in [1.54, 1.807) is 0 Å². The molecule has 0 aromatic carbocycles. The van der Waals surface area contributed by atoms with Crippen molar-refractivity contribution in [2.45, 2.75) is 35.2 Å². The molecule has 2 aromatic heterocycles. The second kappa shape index (κ2) is 4.76. The highest BCUT2D eigenvalue weighted by atomic mass is 32.2. The van der Waals surface area contributed by atoms with Gasteiger partial charge in [0, 0.05) is 12.1 Å². The molecule has 1 aliphatic carbocycles. The monoisotopic (exact) mass is 318 g/mol. The third-order valence-electron chi connectivity index (χ3n) is 2.76. The number of nitrogens with zero attached hydrogens (tertiary/aromatic N) is 4. The van der Waals surface area contributed by atoms with Crippen LogP contribution in [0.4, 0.5) is 19.0 Å². The van der Waals surface area contributed by atoms with Crippen molar-refractivity contribution in [3.05, 3.63) is 22.4 Å². The number of alkyl halides is 3. The van der Waals surface area contributed by atoms with Crippen LogP contribution in [-0.4, -0.2) is 24.7 Å². The third kappa shape index (κ3) is 2.86. The van der Waals surface area contributed by atoms with Gasteiger partial charge in [-0.3, -0.25) is 4.57 Å². The summed E-state index contributed by atoms with van der Waals surface area (Å²) in [6, 6.07) is 1.25. The maximum atomic E-state index is 12.6. The molecule has 21 heavy (non-hydrogen) atoms. The number of hydrogen-bond acceptors (Lipinski definition) is 6. The van der Waals surface area contributed by atoms with Crippen molar-refractivity contribution in [3.63, 3.8) is 0 Å². The van der Waals surface area contributed by atoms with E-state index >= 15 is 0 Å². The minimum absolute atomic E-state index is 0.0178. The van der Waals surface area contributed by atoms with Gasteiger partial charge in [0.15, 0.2) is 5.16 Å². The maximum absolute atomic E-state index is 12.6. The van der Waals surface area contributed by atoms with Crippen molar-refractivity contribution in [2.75, 3.05) is 5.73 Å². The van der Waals surface area contributed by atoms with Gasteiger partial charge >= 0.3 is 11.9 Å². The number of aromatic amines is 1. The second-order valence-electron chi connectivity index (χ2n) is 4.47. The minimum Gasteiger partial charge on any atom is -0.384 e. The van der Waals surface area contributed by atoms with Crippen LogP contribution in [0.3, 0.4) is 0 Å². The summed E-state index contributed by atoms with van der Waals surface area (Å²) in [7, 11) is 0. The highest BCUT2D eigenvalue weighted by Crippen LogP contribution is 2.38. The summed E-state index contributed by atoms with van der Waals surface area (Å²) in [5.41, 5.74) is 4.97. The number of aromatic nitrogens is 5. The Morgan fingerprint density at radius 3 is 2.71 bits per heavy atom. The Balaban J connectivity index is 1.95. The van der Waals surface area contributed by atoms with E-state index in [1.807, 2.05) is 0 Å². The number of nitrogen functional groups attached to an aromatic ring is 1. The smallest absolute Gasteiger partial charge is 0.384 e. The molecule has 0 spiro atoms. The molecule has 112 valence electrons. The second-order valence-corrected chi connectivity index (χ2v) is 5.45. The number of H-pyrrole nitrogens is 1. The van der Waals surface area contributed by atoms with Crippen LogP contribution in [0.15, 0.2) is 21.0 Å². The van der Waals surface area contributed by atoms with E-state index in [1.165, 1.54) is 10.6 Å². The largest absolute Gasteiger partial charge is 0.451 e. The molecule has 0 atom stereocenters. The fraction of sp³-hybridized carbons (Fsp3) is 0.400. The van der Waals surface area contributed by atoms with E-state index in [2.05, 4.69) is 20.2 Å². The van der Waals surface area contributed by atoms with E-state index in [0.717, 1.165) is 24.6 Å². The molecule has 1 fully saturated rings. The highest BCUT2D eigenvalue weighted by Gasteiger charge is 2.35. The van der Waals surface area contributed by atoms with Crippen molar-refractivity contribution in [1.82, 2.24) is 24.7 Å². The number of rotatable bonds is 3. The molecule has 0 bridgehead atoms. The lowest BCUT2D eigenvalue weighted by Gasteiger charge is -2.08. The molecule has 2 aromatic rings. The summed E-state index contributed by atoms with van der Waals surface area (Å²) in [6.45, 7) is 0. The molecular formula is C10H9F3N6OS. The van der Waals surface area contributed by atoms with Crippen LogP contribution >= 0.6 is 11.8 Å². The summed E-state index contributed by atoms with van der Waals surface area (Å²) < 4.78 is 39.3. The summed E-state index contributed by atoms with van der Waals surface area (Å²) in [5, 5.41) is 6.32. The molecular weight excluding hydrogens is 309 g/mol. The third-order valence-corrected chi connectivity index (χ3v) is 3.64. The number of nitrogens with two attached hydrogens (primary N) is 1. The first kappa shape index (κ1) is 13.9. The molecule has 0 saturated heterocycles. The Bertz CT molecular complexity index is 735. The molecule has 2 heterocycles. The number of nitrogens with one attached hydrogen (secondary N) is 1. The van der Waals surface area contributed by atoms with Gasteiger partial charge < -0.3 is 5.73 Å². The van der Waals surface area contributed by atoms with Crippen molar-refractivity contribution >= 4 is 17.6 Å². The van der Waals surface area contributed by atoms with Crippen LogP contribution in [0, 0.1) is 0 Å². The van der Waals surface area contributed by atoms with Gasteiger partial charge in [0.1, 0.15) is 10.8 Å². The average Bonchev–Trinajstić information content (AvgIpc) is 3.13. The van der Waals surface area contributed by atoms with Crippen LogP contribution in [0.25, 0.3) is 0 Å². The molecule has 1 aliphatic rings. The van der Waals surface area contributed by atoms with Gasteiger partial charge in [0.2, 0.25) is 5.82 Å². The SMILES string of the molecule is Nc1cc(Sc2n[nH]c(=O)n2C2CC2)nc(C(F)(F)F)n1. The van der Waals surface area contributed by atoms with Crippen molar-refractivity contribution in [1.29, 1.82) is 0 Å². The molecule has 3 N–H and O–H groups in total. The predicted molar refractivity (Wildman–Crippen MR) is 66.7 cm³/mol. The van der Waals surface area contributed by atoms with Crippen LogP contribution in [0.5, 0.6) is 0 Å². The lowest BCUT2D eigenvalue weighted by atomic mass is 10.5. The first-order valence-corrected chi connectivity index (χ1v) is 6.73. The van der Waals surface area contributed by atoms with E-state index in [0.29, 0.717) is 0 Å². The van der Waals surface area contributed by atoms with Crippen molar-refractivity contribution in [3.8, 4) is 0 Å². The molecule has 0 radical (unpaired) electrons. The maximum Gasteiger partial charge on any atom is 0.451 e. The van der Waals surface area contributed by atoms with Crippen LogP contribution in [0.2, 0.25) is 0 Å². The summed E-state index contributed by atoms with van der Waals surface area (Å²) in [4.78, 5) is 18.2. The zero-order valence-electron chi connectivity index (χ0n) is 10.4. The zero-order chi connectivity index (χ0) is 15.2. The number of halogens is 3. The molecule has 0 unspecified atom stereocenters. The lowest BCUT2D eigenvalue weighted by molar-refractivity contribution is -0.145. The van der Waals surface area contributed by atoms with Gasteiger partial charge in [-0.05, 0) is 24.6 Å². The average molecular weight is 318 g/mol. The zero-order valence-corrected chi connectivity index (χ0v) is 11.2. The summed E-state index contributed by atoms with van der Waals surface area (Å²) >= 11 is 0.837. The first-order chi connectivity index (χ1) is 9.84. The van der Waals surface area contributed by atoms with Gasteiger partial charge in [-0.25, -0.2) is 19.9 Å². The van der Waals surface area contributed by atoms with Crippen molar-refractivity contribution in [2.24, 2.45) is 0 Å². The fourth-order valence-electron chi connectivity index (χ4n) is 1.73. The quantitative estimate of drug-likeness (QED) is 0.830. The lowest BCUT2D eigenvalue weighted by Crippen LogP contribution is -2.16. The minimum atomic E-state index is -4.69. The predicted octanol–water partition coefficient (Wildman–Crippen LogP) is 1.45. The fourth-order valence-corrected chi connectivity index (χ4v) is 2.65. The Morgan fingerprint density at radius 2 is 2.10 bits per heavy atom. The molecule has 0 amide bonds. The molecule has 1 saturated carbocycles.